The summed E-state index contributed by atoms with van der Waals surface area (Å²) in [7, 11) is -3.95. The van der Waals surface area contributed by atoms with Crippen molar-refractivity contribution in [2.45, 2.75) is 37.6 Å². The second-order valence-corrected chi connectivity index (χ2v) is 10.3. The molecule has 0 aromatic carbocycles. The number of carbonyl (C=O) groups is 3. The molecule has 0 spiro atoms. The Balaban J connectivity index is 1.72. The zero-order valence-electron chi connectivity index (χ0n) is 15.5. The largest absolute Gasteiger partial charge is 0.476 e. The van der Waals surface area contributed by atoms with Gasteiger partial charge in [-0.2, -0.15) is 8.42 Å². The van der Waals surface area contributed by atoms with Crippen LogP contribution in [0.3, 0.4) is 0 Å². The number of unbranched alkanes of at least 4 members (excludes halogenated alkanes) is 1. The number of thiophene rings is 1. The van der Waals surface area contributed by atoms with Crippen LogP contribution in [-0.4, -0.2) is 59.1 Å². The van der Waals surface area contributed by atoms with Crippen molar-refractivity contribution in [3.63, 3.8) is 0 Å². The van der Waals surface area contributed by atoms with E-state index in [0.717, 1.165) is 21.5 Å². The Morgan fingerprint density at radius 3 is 2.79 bits per heavy atom. The lowest BCUT2D eigenvalue weighted by atomic mass is 10.0. The lowest BCUT2D eigenvalue weighted by Gasteiger charge is -2.48. The monoisotopic (exact) mass is 460 g/mol. The van der Waals surface area contributed by atoms with Gasteiger partial charge in [-0.3, -0.25) is 14.5 Å². The van der Waals surface area contributed by atoms with E-state index in [-0.39, 0.29) is 29.6 Å². The first kappa shape index (κ1) is 21.7. The van der Waals surface area contributed by atoms with E-state index in [1.807, 2.05) is 24.4 Å². The topological polar surface area (TPSA) is 130 Å². The van der Waals surface area contributed by atoms with Gasteiger partial charge >= 0.3 is 16.1 Å². The van der Waals surface area contributed by atoms with Gasteiger partial charge in [0.25, 0.3) is 5.91 Å². The van der Waals surface area contributed by atoms with Crippen LogP contribution in [0.5, 0.6) is 0 Å². The summed E-state index contributed by atoms with van der Waals surface area (Å²) in [5.74, 6) is -2.93. The van der Waals surface area contributed by atoms with Gasteiger partial charge in [-0.15, -0.1) is 23.1 Å². The van der Waals surface area contributed by atoms with Crippen LogP contribution in [0.2, 0.25) is 0 Å². The minimum absolute atomic E-state index is 0.0290. The molecule has 29 heavy (non-hydrogen) atoms. The molecule has 1 aromatic heterocycles. The van der Waals surface area contributed by atoms with E-state index in [0.29, 0.717) is 12.8 Å². The van der Waals surface area contributed by atoms with Gasteiger partial charge < -0.3 is 14.6 Å². The third-order valence-electron chi connectivity index (χ3n) is 4.34. The molecule has 2 aliphatic heterocycles. The number of fused-ring (bicyclic) bond motifs is 1. The third kappa shape index (κ3) is 4.75. The summed E-state index contributed by atoms with van der Waals surface area (Å²) >= 11 is 2.57. The summed E-state index contributed by atoms with van der Waals surface area (Å²) in [6, 6.07) is 2.77. The van der Waals surface area contributed by atoms with Crippen molar-refractivity contribution in [1.82, 2.24) is 10.2 Å². The Labute approximate surface area is 176 Å². The third-order valence-corrected chi connectivity index (χ3v) is 7.72. The molecule has 1 aromatic rings. The average Bonchev–Trinajstić information content (AvgIpc) is 3.16. The Morgan fingerprint density at radius 2 is 2.17 bits per heavy atom. The van der Waals surface area contributed by atoms with Crippen LogP contribution in [-0.2, 0) is 35.1 Å². The fraction of sp³-hybridized carbons (Fsp3) is 0.471. The zero-order valence-corrected chi connectivity index (χ0v) is 17.9. The summed E-state index contributed by atoms with van der Waals surface area (Å²) < 4.78 is 29.1. The van der Waals surface area contributed by atoms with Gasteiger partial charge in [0.05, 0.1) is 17.9 Å². The molecule has 1 fully saturated rings. The molecule has 1 saturated heterocycles. The molecule has 158 valence electrons. The normalized spacial score (nSPS) is 21.4. The maximum absolute atomic E-state index is 12.5. The van der Waals surface area contributed by atoms with E-state index in [1.165, 1.54) is 11.3 Å². The quantitative estimate of drug-likeness (QED) is 0.414. The fourth-order valence-electron chi connectivity index (χ4n) is 2.97. The maximum atomic E-state index is 12.5. The van der Waals surface area contributed by atoms with E-state index in [9.17, 15) is 27.9 Å². The second kappa shape index (κ2) is 8.76. The van der Waals surface area contributed by atoms with Crippen LogP contribution in [0.4, 0.5) is 0 Å². The number of hydrogen-bond acceptors (Lipinski definition) is 8. The number of nitrogens with zero attached hydrogens (tertiary/aromatic N) is 1. The highest BCUT2D eigenvalue weighted by molar-refractivity contribution is 8.00. The van der Waals surface area contributed by atoms with Crippen molar-refractivity contribution in [2.75, 3.05) is 11.5 Å². The fourth-order valence-corrected chi connectivity index (χ4v) is 6.17. The summed E-state index contributed by atoms with van der Waals surface area (Å²) in [4.78, 5) is 38.3. The molecule has 2 N–H and O–H groups in total. The molecule has 0 aliphatic carbocycles. The maximum Gasteiger partial charge on any atom is 0.356 e. The SMILES string of the molecule is CCCCS(=O)(=O)OC1=C(C(=O)O)N2C(=O)C(NC(=O)Cc3cccs3)[C@@H]2SC1. The smallest absolute Gasteiger partial charge is 0.356 e. The number of carboxylic acids is 1. The number of carbonyl (C=O) groups excluding carboxylic acids is 2. The Kier molecular flexibility index (Phi) is 6.54. The number of rotatable bonds is 9. The summed E-state index contributed by atoms with van der Waals surface area (Å²) in [5.41, 5.74) is -0.484. The number of amides is 2. The van der Waals surface area contributed by atoms with Gasteiger partial charge in [-0.25, -0.2) is 4.79 Å². The van der Waals surface area contributed by atoms with Crippen molar-refractivity contribution in [2.24, 2.45) is 0 Å². The Morgan fingerprint density at radius 1 is 1.41 bits per heavy atom. The molecule has 0 radical (unpaired) electrons. The van der Waals surface area contributed by atoms with Crippen LogP contribution in [0.15, 0.2) is 29.0 Å². The second-order valence-electron chi connectivity index (χ2n) is 6.49. The standard InChI is InChI=1S/C17H20N2O7S3/c1-2-3-7-29(24,25)26-11-9-28-16-13(15(21)19(16)14(11)17(22)23)18-12(20)8-10-5-4-6-27-10/h4-6,13,16H,2-3,7-9H2,1H3,(H,18,20)(H,22,23)/t13?,16-/m0/s1. The molecule has 0 saturated carbocycles. The van der Waals surface area contributed by atoms with Crippen LogP contribution < -0.4 is 5.32 Å². The number of β-lactam (4-membered cyclic amide) rings is 1. The zero-order chi connectivity index (χ0) is 21.2. The molecular weight excluding hydrogens is 440 g/mol. The van der Waals surface area contributed by atoms with Crippen molar-refractivity contribution in [1.29, 1.82) is 0 Å². The first-order valence-electron chi connectivity index (χ1n) is 8.88. The van der Waals surface area contributed by atoms with E-state index in [4.69, 9.17) is 4.18 Å². The molecule has 3 rings (SSSR count). The summed E-state index contributed by atoms with van der Waals surface area (Å²) in [6.07, 6.45) is 1.15. The van der Waals surface area contributed by atoms with Crippen LogP contribution in [0.1, 0.15) is 24.6 Å². The molecule has 1 unspecified atom stereocenters. The molecule has 2 aliphatic rings. The number of carboxylic acid groups (broad SMARTS) is 1. The van der Waals surface area contributed by atoms with Crippen molar-refractivity contribution < 1.29 is 32.1 Å². The van der Waals surface area contributed by atoms with Gasteiger partial charge in [0.15, 0.2) is 11.5 Å². The highest BCUT2D eigenvalue weighted by atomic mass is 32.2. The van der Waals surface area contributed by atoms with Gasteiger partial charge in [-0.05, 0) is 17.9 Å². The molecule has 0 bridgehead atoms. The first-order valence-corrected chi connectivity index (χ1v) is 12.4. The van der Waals surface area contributed by atoms with E-state index < -0.39 is 39.1 Å². The lowest BCUT2D eigenvalue weighted by molar-refractivity contribution is -0.151. The highest BCUT2D eigenvalue weighted by Crippen LogP contribution is 2.41. The Hall–Kier alpha value is -2.05. The summed E-state index contributed by atoms with van der Waals surface area (Å²) in [5, 5.41) is 13.4. The van der Waals surface area contributed by atoms with Gasteiger partial charge in [0.1, 0.15) is 11.4 Å². The number of aliphatic carboxylic acids is 1. The van der Waals surface area contributed by atoms with Gasteiger partial charge in [0, 0.05) is 4.88 Å². The lowest BCUT2D eigenvalue weighted by Crippen LogP contribution is -2.70. The molecule has 12 heteroatoms. The highest BCUT2D eigenvalue weighted by Gasteiger charge is 2.55. The summed E-state index contributed by atoms with van der Waals surface area (Å²) in [6.45, 7) is 1.82. The molecule has 3 heterocycles. The van der Waals surface area contributed by atoms with Gasteiger partial charge in [-0.1, -0.05) is 19.4 Å². The average molecular weight is 461 g/mol. The molecule has 2 atom stereocenters. The van der Waals surface area contributed by atoms with Crippen LogP contribution >= 0.6 is 23.1 Å². The van der Waals surface area contributed by atoms with E-state index >= 15 is 0 Å². The molecule has 2 amide bonds. The van der Waals surface area contributed by atoms with Crippen molar-refractivity contribution >= 4 is 51.0 Å². The number of thioether (sulfide) groups is 1. The first-order chi connectivity index (χ1) is 13.7. The predicted molar refractivity (Wildman–Crippen MR) is 107 cm³/mol. The number of hydrogen-bond donors (Lipinski definition) is 2. The van der Waals surface area contributed by atoms with Crippen molar-refractivity contribution in [3.8, 4) is 0 Å². The Bertz CT molecular complexity index is 940. The van der Waals surface area contributed by atoms with Crippen LogP contribution in [0, 0.1) is 0 Å². The number of nitrogens with one attached hydrogen (secondary N) is 1. The van der Waals surface area contributed by atoms with E-state index in [1.54, 1.807) is 0 Å². The molecule has 9 nitrogen and oxygen atoms in total. The van der Waals surface area contributed by atoms with Crippen molar-refractivity contribution in [3.05, 3.63) is 33.8 Å². The predicted octanol–water partition coefficient (Wildman–Crippen LogP) is 1.13. The van der Waals surface area contributed by atoms with Crippen LogP contribution in [0.25, 0.3) is 0 Å². The molecular formula is C17H20N2O7S3. The van der Waals surface area contributed by atoms with E-state index in [2.05, 4.69) is 5.32 Å². The van der Waals surface area contributed by atoms with Gasteiger partial charge in [0.2, 0.25) is 5.91 Å². The minimum atomic E-state index is -3.95. The minimum Gasteiger partial charge on any atom is -0.476 e.